The molecule has 2 rings (SSSR count). The van der Waals surface area contributed by atoms with Crippen LogP contribution in [0.4, 0.5) is 0 Å². The first kappa shape index (κ1) is 18.1. The third-order valence-electron chi connectivity index (χ3n) is 3.30. The van der Waals surface area contributed by atoms with Crippen molar-refractivity contribution in [3.8, 4) is 5.75 Å². The van der Waals surface area contributed by atoms with Crippen molar-refractivity contribution >= 4 is 17.5 Å². The standard InChI is InChI=1S/C18H21ClN2O3/c1-13(2)24-16-7-4-14(5-8-16)18(23)20-10-3-11-21-12-15(19)6-9-17(21)22/h4-9,12-13H,3,10-11H2,1-2H3,(H,20,23). The normalized spacial score (nSPS) is 10.7. The molecule has 0 aliphatic rings. The van der Waals surface area contributed by atoms with Crippen LogP contribution in [0.3, 0.4) is 0 Å². The highest BCUT2D eigenvalue weighted by Crippen LogP contribution is 2.13. The molecule has 0 saturated carbocycles. The number of benzene rings is 1. The summed E-state index contributed by atoms with van der Waals surface area (Å²) in [5.74, 6) is 0.589. The van der Waals surface area contributed by atoms with E-state index in [0.717, 1.165) is 5.75 Å². The Hall–Kier alpha value is -2.27. The second-order valence-electron chi connectivity index (χ2n) is 5.68. The molecule has 0 saturated heterocycles. The average molecular weight is 349 g/mol. The van der Waals surface area contributed by atoms with Crippen LogP contribution in [0, 0.1) is 0 Å². The van der Waals surface area contributed by atoms with Crippen LogP contribution in [-0.2, 0) is 6.54 Å². The van der Waals surface area contributed by atoms with Crippen LogP contribution < -0.4 is 15.6 Å². The first-order chi connectivity index (χ1) is 11.5. The number of nitrogens with one attached hydrogen (secondary N) is 1. The lowest BCUT2D eigenvalue weighted by Crippen LogP contribution is -2.26. The number of ether oxygens (including phenoxy) is 1. The van der Waals surface area contributed by atoms with Crippen molar-refractivity contribution < 1.29 is 9.53 Å². The lowest BCUT2D eigenvalue weighted by molar-refractivity contribution is 0.0952. The third-order valence-corrected chi connectivity index (χ3v) is 3.52. The molecule has 1 amide bonds. The fourth-order valence-electron chi connectivity index (χ4n) is 2.19. The van der Waals surface area contributed by atoms with Crippen LogP contribution in [0.5, 0.6) is 5.75 Å². The molecule has 0 aliphatic carbocycles. The molecule has 0 radical (unpaired) electrons. The molecule has 0 atom stereocenters. The largest absolute Gasteiger partial charge is 0.491 e. The molecule has 1 N–H and O–H groups in total. The highest BCUT2D eigenvalue weighted by molar-refractivity contribution is 6.30. The minimum atomic E-state index is -0.149. The number of carbonyl (C=O) groups excluding carboxylic acids is 1. The van der Waals surface area contributed by atoms with Crippen molar-refractivity contribution in [2.24, 2.45) is 0 Å². The number of carbonyl (C=O) groups is 1. The van der Waals surface area contributed by atoms with Gasteiger partial charge < -0.3 is 14.6 Å². The summed E-state index contributed by atoms with van der Waals surface area (Å²) in [6.07, 6.45) is 2.33. The summed E-state index contributed by atoms with van der Waals surface area (Å²) >= 11 is 5.86. The first-order valence-electron chi connectivity index (χ1n) is 7.86. The maximum Gasteiger partial charge on any atom is 0.251 e. The number of amides is 1. The predicted octanol–water partition coefficient (Wildman–Crippen LogP) is 3.11. The van der Waals surface area contributed by atoms with E-state index < -0.39 is 0 Å². The minimum Gasteiger partial charge on any atom is -0.491 e. The summed E-state index contributed by atoms with van der Waals surface area (Å²) in [6, 6.07) is 10.0. The van der Waals surface area contributed by atoms with Crippen LogP contribution in [-0.4, -0.2) is 23.1 Å². The van der Waals surface area contributed by atoms with Crippen molar-refractivity contribution in [1.29, 1.82) is 0 Å². The van der Waals surface area contributed by atoms with Crippen LogP contribution in [0.15, 0.2) is 47.4 Å². The summed E-state index contributed by atoms with van der Waals surface area (Å²) in [7, 11) is 0. The number of aryl methyl sites for hydroxylation is 1. The van der Waals surface area contributed by atoms with Crippen molar-refractivity contribution in [3.05, 3.63) is 63.5 Å². The number of aromatic nitrogens is 1. The number of hydrogen-bond acceptors (Lipinski definition) is 3. The molecule has 1 aromatic carbocycles. The van der Waals surface area contributed by atoms with E-state index in [1.165, 1.54) is 10.6 Å². The number of halogens is 1. The topological polar surface area (TPSA) is 60.3 Å². The third kappa shape index (κ3) is 5.42. The Balaban J connectivity index is 1.80. The van der Waals surface area contributed by atoms with Crippen LogP contribution in [0.25, 0.3) is 0 Å². The Bertz CT molecular complexity index is 739. The lowest BCUT2D eigenvalue weighted by atomic mass is 10.2. The van der Waals surface area contributed by atoms with E-state index in [1.807, 2.05) is 13.8 Å². The monoisotopic (exact) mass is 348 g/mol. The lowest BCUT2D eigenvalue weighted by Gasteiger charge is -2.10. The van der Waals surface area contributed by atoms with Crippen molar-refractivity contribution in [2.75, 3.05) is 6.54 Å². The number of hydrogen-bond donors (Lipinski definition) is 1. The van der Waals surface area contributed by atoms with Gasteiger partial charge in [-0.1, -0.05) is 11.6 Å². The zero-order valence-electron chi connectivity index (χ0n) is 13.8. The molecule has 0 spiro atoms. The Labute approximate surface area is 146 Å². The van der Waals surface area contributed by atoms with Crippen molar-refractivity contribution in [1.82, 2.24) is 9.88 Å². The highest BCUT2D eigenvalue weighted by Gasteiger charge is 2.06. The maximum absolute atomic E-state index is 12.1. The molecule has 128 valence electrons. The molecular weight excluding hydrogens is 328 g/mol. The van der Waals surface area contributed by atoms with E-state index in [4.69, 9.17) is 16.3 Å². The Morgan fingerprint density at radius 2 is 1.92 bits per heavy atom. The van der Waals surface area contributed by atoms with Crippen molar-refractivity contribution in [2.45, 2.75) is 32.9 Å². The molecule has 0 bridgehead atoms. The summed E-state index contributed by atoms with van der Waals surface area (Å²) < 4.78 is 7.08. The maximum atomic E-state index is 12.1. The van der Waals surface area contributed by atoms with Crippen LogP contribution in [0.2, 0.25) is 5.02 Å². The summed E-state index contributed by atoms with van der Waals surface area (Å²) in [4.78, 5) is 23.7. The Kier molecular flexibility index (Phi) is 6.44. The zero-order valence-corrected chi connectivity index (χ0v) is 14.5. The van der Waals surface area contributed by atoms with Gasteiger partial charge in [0.2, 0.25) is 0 Å². The van der Waals surface area contributed by atoms with E-state index in [9.17, 15) is 9.59 Å². The van der Waals surface area contributed by atoms with Gasteiger partial charge in [0.05, 0.1) is 11.1 Å². The smallest absolute Gasteiger partial charge is 0.251 e. The number of rotatable bonds is 7. The van der Waals surface area contributed by atoms with Crippen LogP contribution in [0.1, 0.15) is 30.6 Å². The van der Waals surface area contributed by atoms with E-state index in [2.05, 4.69) is 5.32 Å². The number of pyridine rings is 1. The highest BCUT2D eigenvalue weighted by atomic mass is 35.5. The van der Waals surface area contributed by atoms with Gasteiger partial charge in [-0.25, -0.2) is 0 Å². The van der Waals surface area contributed by atoms with E-state index in [1.54, 1.807) is 36.5 Å². The van der Waals surface area contributed by atoms with E-state index in [0.29, 0.717) is 30.1 Å². The van der Waals surface area contributed by atoms with Gasteiger partial charge in [-0.3, -0.25) is 9.59 Å². The van der Waals surface area contributed by atoms with Gasteiger partial charge in [-0.05, 0) is 50.6 Å². The predicted molar refractivity (Wildman–Crippen MR) is 94.9 cm³/mol. The second kappa shape index (κ2) is 8.55. The molecule has 0 aliphatic heterocycles. The van der Waals surface area contributed by atoms with Gasteiger partial charge >= 0.3 is 0 Å². The zero-order chi connectivity index (χ0) is 17.5. The molecule has 6 heteroatoms. The molecule has 0 fully saturated rings. The Morgan fingerprint density at radius 1 is 1.21 bits per heavy atom. The number of nitrogens with zero attached hydrogens (tertiary/aromatic N) is 1. The Morgan fingerprint density at radius 3 is 2.58 bits per heavy atom. The molecule has 1 aromatic heterocycles. The molecule has 0 unspecified atom stereocenters. The second-order valence-corrected chi connectivity index (χ2v) is 6.12. The molecular formula is C18H21ClN2O3. The van der Waals surface area contributed by atoms with E-state index in [-0.39, 0.29) is 17.6 Å². The molecule has 24 heavy (non-hydrogen) atoms. The van der Waals surface area contributed by atoms with Gasteiger partial charge in [-0.15, -0.1) is 0 Å². The van der Waals surface area contributed by atoms with Crippen molar-refractivity contribution in [3.63, 3.8) is 0 Å². The average Bonchev–Trinajstić information content (AvgIpc) is 2.54. The SMILES string of the molecule is CC(C)Oc1ccc(C(=O)NCCCn2cc(Cl)ccc2=O)cc1. The van der Waals surface area contributed by atoms with Gasteiger partial charge in [0.25, 0.3) is 11.5 Å². The summed E-state index contributed by atoms with van der Waals surface area (Å²) in [6.45, 7) is 4.88. The quantitative estimate of drug-likeness (QED) is 0.782. The summed E-state index contributed by atoms with van der Waals surface area (Å²) in [5, 5.41) is 3.35. The minimum absolute atomic E-state index is 0.0968. The van der Waals surface area contributed by atoms with Crippen LogP contribution >= 0.6 is 11.6 Å². The van der Waals surface area contributed by atoms with Gasteiger partial charge in [0.1, 0.15) is 5.75 Å². The summed E-state index contributed by atoms with van der Waals surface area (Å²) in [5.41, 5.74) is 0.470. The molecule has 1 heterocycles. The fraction of sp³-hybridized carbons (Fsp3) is 0.333. The van der Waals surface area contributed by atoms with Gasteiger partial charge in [0, 0.05) is 30.9 Å². The molecule has 5 nitrogen and oxygen atoms in total. The van der Waals surface area contributed by atoms with Gasteiger partial charge in [-0.2, -0.15) is 0 Å². The van der Waals surface area contributed by atoms with Gasteiger partial charge in [0.15, 0.2) is 0 Å². The first-order valence-corrected chi connectivity index (χ1v) is 8.24. The molecule has 2 aromatic rings. The van der Waals surface area contributed by atoms with E-state index >= 15 is 0 Å². The fourth-order valence-corrected chi connectivity index (χ4v) is 2.37.